The standard InChI is InChI=1S/C19H18BrN5O2S/c1-11(18(27)22-16-9-7-15(8-10-16)21-12(2)26)28-19-23-17(24-25-19)13-3-5-14(20)6-4-13/h3-11H,1-2H3,(H,21,26)(H,22,27)(H,23,24,25)/t11-/m1/s1. The average Bonchev–Trinajstić information content (AvgIpc) is 3.12. The van der Waals surface area contributed by atoms with Crippen molar-refractivity contribution in [1.82, 2.24) is 15.2 Å². The molecule has 0 unspecified atom stereocenters. The molecule has 0 aliphatic rings. The first-order chi connectivity index (χ1) is 13.4. The van der Waals surface area contributed by atoms with E-state index in [0.717, 1.165) is 10.0 Å². The molecular weight excluding hydrogens is 442 g/mol. The normalized spacial score (nSPS) is 11.7. The lowest BCUT2D eigenvalue weighted by Crippen LogP contribution is -2.22. The molecule has 0 saturated carbocycles. The van der Waals surface area contributed by atoms with Crippen molar-refractivity contribution in [3.63, 3.8) is 0 Å². The SMILES string of the molecule is CC(=O)Nc1ccc(NC(=O)[C@@H](C)Sc2n[nH]c(-c3ccc(Br)cc3)n2)cc1. The van der Waals surface area contributed by atoms with Gasteiger partial charge in [0.1, 0.15) is 0 Å². The van der Waals surface area contributed by atoms with E-state index in [2.05, 4.69) is 41.7 Å². The van der Waals surface area contributed by atoms with Gasteiger partial charge < -0.3 is 10.6 Å². The lowest BCUT2D eigenvalue weighted by molar-refractivity contribution is -0.115. The van der Waals surface area contributed by atoms with Crippen molar-refractivity contribution in [1.29, 1.82) is 0 Å². The molecule has 3 aromatic rings. The molecule has 28 heavy (non-hydrogen) atoms. The molecule has 1 heterocycles. The number of benzene rings is 2. The summed E-state index contributed by atoms with van der Waals surface area (Å²) in [5, 5.41) is 12.7. The van der Waals surface area contributed by atoms with Gasteiger partial charge in [-0.3, -0.25) is 14.7 Å². The van der Waals surface area contributed by atoms with Gasteiger partial charge in [-0.05, 0) is 43.3 Å². The quantitative estimate of drug-likeness (QED) is 0.476. The molecule has 3 rings (SSSR count). The van der Waals surface area contributed by atoms with Gasteiger partial charge in [0.15, 0.2) is 5.82 Å². The van der Waals surface area contributed by atoms with E-state index in [1.54, 1.807) is 31.2 Å². The van der Waals surface area contributed by atoms with Gasteiger partial charge in [-0.2, -0.15) is 0 Å². The summed E-state index contributed by atoms with van der Waals surface area (Å²) in [6, 6.07) is 14.6. The first-order valence-corrected chi connectivity index (χ1v) is 10.1. The molecule has 0 saturated heterocycles. The summed E-state index contributed by atoms with van der Waals surface area (Å²) in [5.41, 5.74) is 2.24. The molecule has 2 amide bonds. The molecule has 3 N–H and O–H groups in total. The molecule has 0 aliphatic heterocycles. The van der Waals surface area contributed by atoms with Crippen LogP contribution in [0.1, 0.15) is 13.8 Å². The molecule has 1 aromatic heterocycles. The van der Waals surface area contributed by atoms with Crippen molar-refractivity contribution in [2.45, 2.75) is 24.3 Å². The Morgan fingerprint density at radius 1 is 1.04 bits per heavy atom. The minimum atomic E-state index is -0.386. The molecule has 7 nitrogen and oxygen atoms in total. The van der Waals surface area contributed by atoms with Crippen LogP contribution in [0.25, 0.3) is 11.4 Å². The third kappa shape index (κ3) is 5.43. The molecule has 0 spiro atoms. The maximum Gasteiger partial charge on any atom is 0.237 e. The number of amides is 2. The molecule has 0 aliphatic carbocycles. The number of carbonyl (C=O) groups is 2. The van der Waals surface area contributed by atoms with Crippen molar-refractivity contribution < 1.29 is 9.59 Å². The van der Waals surface area contributed by atoms with E-state index in [1.807, 2.05) is 24.3 Å². The smallest absolute Gasteiger partial charge is 0.237 e. The Morgan fingerprint density at radius 2 is 1.64 bits per heavy atom. The van der Waals surface area contributed by atoms with Crippen LogP contribution in [-0.2, 0) is 9.59 Å². The Balaban J connectivity index is 1.58. The van der Waals surface area contributed by atoms with Gasteiger partial charge in [-0.15, -0.1) is 5.10 Å². The summed E-state index contributed by atoms with van der Waals surface area (Å²) >= 11 is 4.67. The number of anilines is 2. The maximum absolute atomic E-state index is 12.4. The summed E-state index contributed by atoms with van der Waals surface area (Å²) in [4.78, 5) is 27.9. The largest absolute Gasteiger partial charge is 0.326 e. The lowest BCUT2D eigenvalue weighted by atomic mass is 10.2. The van der Waals surface area contributed by atoms with E-state index < -0.39 is 0 Å². The first-order valence-electron chi connectivity index (χ1n) is 8.44. The van der Waals surface area contributed by atoms with E-state index in [4.69, 9.17) is 0 Å². The van der Waals surface area contributed by atoms with Crippen molar-refractivity contribution in [2.24, 2.45) is 0 Å². The minimum absolute atomic E-state index is 0.143. The van der Waals surface area contributed by atoms with Gasteiger partial charge in [-0.1, -0.05) is 39.8 Å². The highest BCUT2D eigenvalue weighted by molar-refractivity contribution is 9.10. The van der Waals surface area contributed by atoms with Gasteiger partial charge in [0.25, 0.3) is 0 Å². The van der Waals surface area contributed by atoms with Crippen LogP contribution in [0.4, 0.5) is 11.4 Å². The number of nitrogens with zero attached hydrogens (tertiary/aromatic N) is 2. The van der Waals surface area contributed by atoms with Crippen LogP contribution in [0.15, 0.2) is 58.2 Å². The number of hydrogen-bond donors (Lipinski definition) is 3. The highest BCUT2D eigenvalue weighted by atomic mass is 79.9. The van der Waals surface area contributed by atoms with Crippen molar-refractivity contribution >= 4 is 50.9 Å². The lowest BCUT2D eigenvalue weighted by Gasteiger charge is -2.10. The zero-order chi connectivity index (χ0) is 20.1. The van der Waals surface area contributed by atoms with Gasteiger partial charge in [0.05, 0.1) is 5.25 Å². The second-order valence-corrected chi connectivity index (χ2v) is 8.20. The van der Waals surface area contributed by atoms with Crippen molar-refractivity contribution in [3.8, 4) is 11.4 Å². The Labute approximate surface area is 174 Å². The van der Waals surface area contributed by atoms with Gasteiger partial charge >= 0.3 is 0 Å². The third-order valence-corrected chi connectivity index (χ3v) is 5.20. The number of H-pyrrole nitrogens is 1. The minimum Gasteiger partial charge on any atom is -0.326 e. The highest BCUT2D eigenvalue weighted by Gasteiger charge is 2.17. The summed E-state index contributed by atoms with van der Waals surface area (Å²) < 4.78 is 0.987. The van der Waals surface area contributed by atoms with E-state index in [9.17, 15) is 9.59 Å². The van der Waals surface area contributed by atoms with Gasteiger partial charge in [-0.25, -0.2) is 4.98 Å². The Hall–Kier alpha value is -2.65. The fraction of sp³-hybridized carbons (Fsp3) is 0.158. The van der Waals surface area contributed by atoms with Crippen LogP contribution >= 0.6 is 27.7 Å². The summed E-state index contributed by atoms with van der Waals surface area (Å²) in [6.07, 6.45) is 0. The average molecular weight is 460 g/mol. The van der Waals surface area contributed by atoms with Crippen molar-refractivity contribution in [3.05, 3.63) is 53.0 Å². The summed E-state index contributed by atoms with van der Waals surface area (Å²) in [6.45, 7) is 3.24. The van der Waals surface area contributed by atoms with Crippen LogP contribution in [-0.4, -0.2) is 32.2 Å². The number of thioether (sulfide) groups is 1. The third-order valence-electron chi connectivity index (χ3n) is 3.71. The predicted octanol–water partition coefficient (Wildman–Crippen LogP) is 4.31. The topological polar surface area (TPSA) is 99.8 Å². The molecular formula is C19H18BrN5O2S. The zero-order valence-corrected chi connectivity index (χ0v) is 17.6. The second-order valence-electron chi connectivity index (χ2n) is 5.98. The van der Waals surface area contributed by atoms with Crippen LogP contribution in [0.3, 0.4) is 0 Å². The number of nitrogens with one attached hydrogen (secondary N) is 3. The van der Waals surface area contributed by atoms with Gasteiger partial charge in [0.2, 0.25) is 17.0 Å². The Kier molecular flexibility index (Phi) is 6.48. The number of rotatable bonds is 6. The van der Waals surface area contributed by atoms with E-state index in [0.29, 0.717) is 22.4 Å². The molecule has 2 aromatic carbocycles. The number of aromatic amines is 1. The summed E-state index contributed by atoms with van der Waals surface area (Å²) in [7, 11) is 0. The van der Waals surface area contributed by atoms with E-state index in [-0.39, 0.29) is 17.1 Å². The monoisotopic (exact) mass is 459 g/mol. The zero-order valence-electron chi connectivity index (χ0n) is 15.2. The van der Waals surface area contributed by atoms with Crippen molar-refractivity contribution in [2.75, 3.05) is 10.6 Å². The molecule has 0 radical (unpaired) electrons. The fourth-order valence-electron chi connectivity index (χ4n) is 2.33. The van der Waals surface area contributed by atoms with Crippen LogP contribution < -0.4 is 10.6 Å². The molecule has 9 heteroatoms. The number of halogens is 1. The first kappa shape index (κ1) is 20.1. The molecule has 0 bridgehead atoms. The fourth-order valence-corrected chi connectivity index (χ4v) is 3.32. The molecule has 1 atom stereocenters. The number of aromatic nitrogens is 3. The van der Waals surface area contributed by atoms with Crippen LogP contribution in [0, 0.1) is 0 Å². The van der Waals surface area contributed by atoms with Crippen LogP contribution in [0.5, 0.6) is 0 Å². The van der Waals surface area contributed by atoms with E-state index in [1.165, 1.54) is 18.7 Å². The van der Waals surface area contributed by atoms with Crippen LogP contribution in [0.2, 0.25) is 0 Å². The summed E-state index contributed by atoms with van der Waals surface area (Å²) in [5.74, 6) is 0.347. The Morgan fingerprint density at radius 3 is 2.25 bits per heavy atom. The molecule has 0 fully saturated rings. The van der Waals surface area contributed by atoms with Gasteiger partial charge in [0, 0.05) is 28.3 Å². The maximum atomic E-state index is 12.4. The second kappa shape index (κ2) is 9.03. The molecule has 144 valence electrons. The highest BCUT2D eigenvalue weighted by Crippen LogP contribution is 2.24. The Bertz CT molecular complexity index is 973. The van der Waals surface area contributed by atoms with E-state index >= 15 is 0 Å². The predicted molar refractivity (Wildman–Crippen MR) is 114 cm³/mol. The number of hydrogen-bond acceptors (Lipinski definition) is 5. The number of carbonyl (C=O) groups excluding carboxylic acids is 2.